The maximum absolute atomic E-state index is 13.2. The van der Waals surface area contributed by atoms with E-state index in [1.54, 1.807) is 12.1 Å². The minimum Gasteiger partial charge on any atom is -0.394 e. The first-order valence-electron chi connectivity index (χ1n) is 10.3. The van der Waals surface area contributed by atoms with Gasteiger partial charge in [0.05, 0.1) is 24.2 Å². The van der Waals surface area contributed by atoms with Gasteiger partial charge in [0, 0.05) is 6.54 Å². The van der Waals surface area contributed by atoms with Crippen LogP contribution in [0.4, 0.5) is 4.39 Å². The number of carbonyl (C=O) groups is 1. The van der Waals surface area contributed by atoms with E-state index in [0.717, 1.165) is 15.7 Å². The first-order chi connectivity index (χ1) is 15.6. The fourth-order valence-electron chi connectivity index (χ4n) is 3.35. The van der Waals surface area contributed by atoms with Gasteiger partial charge in [0.2, 0.25) is 0 Å². The average molecular weight is 459 g/mol. The van der Waals surface area contributed by atoms with Crippen LogP contribution in [-0.4, -0.2) is 60.8 Å². The number of aliphatic hydroxyl groups excluding tert-OH is 4. The average Bonchev–Trinajstić information content (AvgIpc) is 2.80. The van der Waals surface area contributed by atoms with Gasteiger partial charge in [-0.2, -0.15) is 0 Å². The Labute approximate surface area is 188 Å². The number of nitrogens with zero attached hydrogens (tertiary/aromatic N) is 2. The summed E-state index contributed by atoms with van der Waals surface area (Å²) in [6, 6.07) is 8.88. The van der Waals surface area contributed by atoms with Crippen LogP contribution in [0.2, 0.25) is 0 Å². The number of hydrogen-bond acceptors (Lipinski definition) is 7. The Balaban J connectivity index is 2.00. The summed E-state index contributed by atoms with van der Waals surface area (Å²) in [7, 11) is 0. The Bertz CT molecular complexity index is 1210. The Kier molecular flexibility index (Phi) is 7.54. The largest absolute Gasteiger partial charge is 0.394 e. The van der Waals surface area contributed by atoms with E-state index in [-0.39, 0.29) is 6.54 Å². The lowest BCUT2D eigenvalue weighted by Gasteiger charge is -2.23. The van der Waals surface area contributed by atoms with Gasteiger partial charge >= 0.3 is 0 Å². The molecule has 1 heterocycles. The maximum atomic E-state index is 13.2. The van der Waals surface area contributed by atoms with Gasteiger partial charge in [-0.05, 0) is 54.8 Å². The second kappa shape index (κ2) is 10.2. The summed E-state index contributed by atoms with van der Waals surface area (Å²) in [6.45, 7) is 2.48. The van der Waals surface area contributed by atoms with Crippen LogP contribution < -0.4 is 10.9 Å². The van der Waals surface area contributed by atoms with Gasteiger partial charge in [0.1, 0.15) is 24.1 Å². The lowest BCUT2D eigenvalue weighted by molar-refractivity contribution is -0.0805. The number of rotatable bonds is 8. The molecule has 10 heteroatoms. The minimum absolute atomic E-state index is 0.0369. The molecule has 33 heavy (non-hydrogen) atoms. The third kappa shape index (κ3) is 5.42. The third-order valence-electron chi connectivity index (χ3n) is 5.49. The fourth-order valence-corrected chi connectivity index (χ4v) is 3.35. The normalized spacial score (nSPS) is 14.2. The summed E-state index contributed by atoms with van der Waals surface area (Å²) in [5.41, 5.74) is 1.78. The first kappa shape index (κ1) is 24.5. The smallest absolute Gasteiger partial charge is 0.282 e. The van der Waals surface area contributed by atoms with Crippen molar-refractivity contribution in [2.75, 3.05) is 6.61 Å². The quantitative estimate of drug-likeness (QED) is 0.323. The van der Waals surface area contributed by atoms with Crippen molar-refractivity contribution in [3.63, 3.8) is 0 Å². The summed E-state index contributed by atoms with van der Waals surface area (Å²) in [5, 5.41) is 41.6. The summed E-state index contributed by atoms with van der Waals surface area (Å²) in [4.78, 5) is 30.2. The molecule has 0 aliphatic heterocycles. The number of aryl methyl sites for hydroxylation is 2. The van der Waals surface area contributed by atoms with Crippen LogP contribution in [0.15, 0.2) is 41.2 Å². The highest BCUT2D eigenvalue weighted by atomic mass is 19.1. The lowest BCUT2D eigenvalue weighted by Crippen LogP contribution is -2.44. The molecule has 1 aromatic heterocycles. The van der Waals surface area contributed by atoms with Gasteiger partial charge in [-0.3, -0.25) is 9.59 Å². The zero-order valence-corrected chi connectivity index (χ0v) is 18.2. The van der Waals surface area contributed by atoms with E-state index in [9.17, 15) is 29.3 Å². The van der Waals surface area contributed by atoms with E-state index in [4.69, 9.17) is 5.11 Å². The van der Waals surface area contributed by atoms with Gasteiger partial charge in [0.15, 0.2) is 5.69 Å². The van der Waals surface area contributed by atoms with Gasteiger partial charge < -0.3 is 30.3 Å². The predicted octanol–water partition coefficient (Wildman–Crippen LogP) is 0.157. The molecule has 0 bridgehead atoms. The van der Waals surface area contributed by atoms with Crippen LogP contribution in [0, 0.1) is 19.7 Å². The van der Waals surface area contributed by atoms with Crippen LogP contribution in [0.25, 0.3) is 11.0 Å². The van der Waals surface area contributed by atoms with Crippen molar-refractivity contribution >= 4 is 16.9 Å². The summed E-state index contributed by atoms with van der Waals surface area (Å²) < 4.78 is 14.2. The zero-order chi connectivity index (χ0) is 24.3. The Morgan fingerprint density at radius 2 is 1.73 bits per heavy atom. The number of amides is 1. The SMILES string of the molecule is Cc1cc2nc(C(=O)NCc3ccc(F)cc3)c(=O)n(C[C@H](O)[C@H](O)[C@H](O)CO)c2cc1C. The molecule has 0 unspecified atom stereocenters. The van der Waals surface area contributed by atoms with Crippen molar-refractivity contribution < 1.29 is 29.6 Å². The molecule has 0 aliphatic rings. The Hall–Kier alpha value is -3.18. The summed E-state index contributed by atoms with van der Waals surface area (Å²) in [5.74, 6) is -1.18. The minimum atomic E-state index is -1.72. The Morgan fingerprint density at radius 3 is 2.36 bits per heavy atom. The monoisotopic (exact) mass is 459 g/mol. The summed E-state index contributed by atoms with van der Waals surface area (Å²) >= 11 is 0. The summed E-state index contributed by atoms with van der Waals surface area (Å²) in [6.07, 6.45) is -4.93. The number of hydrogen-bond donors (Lipinski definition) is 5. The van der Waals surface area contributed by atoms with E-state index in [1.165, 1.54) is 24.3 Å². The molecular weight excluding hydrogens is 433 g/mol. The molecule has 0 fully saturated rings. The van der Waals surface area contributed by atoms with Crippen LogP contribution in [0.5, 0.6) is 0 Å². The van der Waals surface area contributed by atoms with Crippen LogP contribution in [-0.2, 0) is 13.1 Å². The number of fused-ring (bicyclic) bond motifs is 1. The topological polar surface area (TPSA) is 145 Å². The molecular formula is C23H26FN3O6. The zero-order valence-electron chi connectivity index (χ0n) is 18.2. The van der Waals surface area contributed by atoms with Gasteiger partial charge in [-0.15, -0.1) is 0 Å². The standard InChI is InChI=1S/C23H26FN3O6/c1-12-7-16-17(8-13(12)2)27(10-18(29)21(31)19(30)11-28)23(33)20(26-16)22(32)25-9-14-3-5-15(24)6-4-14/h3-8,18-19,21,28-31H,9-11H2,1-2H3,(H,25,32)/t18-,19+,21-/m0/s1. The molecule has 0 saturated carbocycles. The van der Waals surface area contributed by atoms with Crippen molar-refractivity contribution in [2.45, 2.75) is 45.2 Å². The van der Waals surface area contributed by atoms with Gasteiger partial charge in [-0.1, -0.05) is 12.1 Å². The molecule has 9 nitrogen and oxygen atoms in total. The highest BCUT2D eigenvalue weighted by Crippen LogP contribution is 2.18. The third-order valence-corrected chi connectivity index (χ3v) is 5.49. The molecule has 3 aromatic rings. The molecule has 3 atom stereocenters. The van der Waals surface area contributed by atoms with E-state index in [2.05, 4.69) is 10.3 Å². The predicted molar refractivity (Wildman–Crippen MR) is 118 cm³/mol. The molecule has 3 rings (SSSR count). The van der Waals surface area contributed by atoms with Crippen molar-refractivity contribution in [1.29, 1.82) is 0 Å². The molecule has 0 aliphatic carbocycles. The molecule has 176 valence electrons. The van der Waals surface area contributed by atoms with Crippen molar-refractivity contribution in [1.82, 2.24) is 14.9 Å². The number of benzene rings is 2. The fraction of sp³-hybridized carbons (Fsp3) is 0.348. The van der Waals surface area contributed by atoms with Crippen LogP contribution in [0.1, 0.15) is 27.2 Å². The van der Waals surface area contributed by atoms with E-state index in [1.807, 2.05) is 13.8 Å². The van der Waals surface area contributed by atoms with E-state index < -0.39 is 54.4 Å². The second-order valence-electron chi connectivity index (χ2n) is 7.92. The number of aliphatic hydroxyl groups is 4. The number of halogens is 1. The Morgan fingerprint density at radius 1 is 1.09 bits per heavy atom. The van der Waals surface area contributed by atoms with Crippen molar-refractivity contribution in [2.24, 2.45) is 0 Å². The molecule has 0 spiro atoms. The van der Waals surface area contributed by atoms with Crippen LogP contribution in [0.3, 0.4) is 0 Å². The first-order valence-corrected chi connectivity index (χ1v) is 10.3. The lowest BCUT2D eigenvalue weighted by atomic mass is 10.1. The number of aromatic nitrogens is 2. The molecule has 0 saturated heterocycles. The molecule has 2 aromatic carbocycles. The van der Waals surface area contributed by atoms with Crippen molar-refractivity contribution in [3.8, 4) is 0 Å². The van der Waals surface area contributed by atoms with Crippen molar-refractivity contribution in [3.05, 3.63) is 75.0 Å². The van der Waals surface area contributed by atoms with E-state index >= 15 is 0 Å². The highest BCUT2D eigenvalue weighted by Gasteiger charge is 2.27. The van der Waals surface area contributed by atoms with Gasteiger partial charge in [-0.25, -0.2) is 9.37 Å². The molecule has 1 amide bonds. The van der Waals surface area contributed by atoms with Gasteiger partial charge in [0.25, 0.3) is 11.5 Å². The highest BCUT2D eigenvalue weighted by molar-refractivity contribution is 5.94. The number of nitrogens with one attached hydrogen (secondary N) is 1. The van der Waals surface area contributed by atoms with E-state index in [0.29, 0.717) is 16.6 Å². The van der Waals surface area contributed by atoms with Crippen LogP contribution >= 0.6 is 0 Å². The molecule has 0 radical (unpaired) electrons. The second-order valence-corrected chi connectivity index (χ2v) is 7.92. The number of carbonyl (C=O) groups excluding carboxylic acids is 1. The molecule has 5 N–H and O–H groups in total. The maximum Gasteiger partial charge on any atom is 0.282 e.